The second-order valence-electron chi connectivity index (χ2n) is 3.52. The van der Waals surface area contributed by atoms with Crippen molar-refractivity contribution < 1.29 is 14.3 Å². The monoisotopic (exact) mass is 250 g/mol. The molecule has 0 saturated heterocycles. The molecule has 0 heterocycles. The summed E-state index contributed by atoms with van der Waals surface area (Å²) >= 11 is 0. The van der Waals surface area contributed by atoms with E-state index >= 15 is 0 Å². The van der Waals surface area contributed by atoms with Crippen molar-refractivity contribution in [3.63, 3.8) is 0 Å². The summed E-state index contributed by atoms with van der Waals surface area (Å²) in [6.07, 6.45) is 2.95. The van der Waals surface area contributed by atoms with E-state index in [2.05, 4.69) is 10.1 Å². The quantitative estimate of drug-likeness (QED) is 0.474. The van der Waals surface area contributed by atoms with Gasteiger partial charge in [-0.05, 0) is 19.1 Å². The zero-order valence-electron chi connectivity index (χ0n) is 10.8. The third kappa shape index (κ3) is 3.41. The largest absolute Gasteiger partial charge is 0.493 e. The van der Waals surface area contributed by atoms with E-state index in [1.54, 1.807) is 25.3 Å². The van der Waals surface area contributed by atoms with Gasteiger partial charge in [-0.3, -0.25) is 0 Å². The molecule has 1 rings (SSSR count). The highest BCUT2D eigenvalue weighted by Gasteiger charge is 2.06. The first-order valence-corrected chi connectivity index (χ1v) is 5.62. The van der Waals surface area contributed by atoms with Crippen molar-refractivity contribution in [2.24, 2.45) is 0 Å². The Labute approximate surface area is 107 Å². The maximum atomic E-state index is 11.1. The van der Waals surface area contributed by atoms with Crippen LogP contribution in [-0.2, 0) is 9.53 Å². The first kappa shape index (κ1) is 13.9. The second-order valence-corrected chi connectivity index (χ2v) is 3.52. The van der Waals surface area contributed by atoms with Gasteiger partial charge in [0.15, 0.2) is 0 Å². The average Bonchev–Trinajstić information content (AvgIpc) is 2.38. The lowest BCUT2D eigenvalue weighted by Crippen LogP contribution is -2.01. The molecule has 0 aromatic heterocycles. The molecule has 5 nitrogen and oxygen atoms in total. The Morgan fingerprint density at radius 2 is 2.22 bits per heavy atom. The van der Waals surface area contributed by atoms with Crippen LogP contribution in [0.3, 0.4) is 0 Å². The number of nitrogens with one attached hydrogen (secondary N) is 1. The lowest BCUT2D eigenvalue weighted by molar-refractivity contribution is -0.134. The van der Waals surface area contributed by atoms with Crippen LogP contribution in [0.25, 0.3) is 6.08 Å². The molecule has 1 aromatic rings. The molecule has 98 valence electrons. The van der Waals surface area contributed by atoms with Crippen LogP contribution in [0.5, 0.6) is 5.75 Å². The number of nitrogens with two attached hydrogens (primary N) is 1. The van der Waals surface area contributed by atoms with Crippen molar-refractivity contribution in [2.75, 3.05) is 31.8 Å². The van der Waals surface area contributed by atoms with Crippen molar-refractivity contribution in [1.29, 1.82) is 0 Å². The molecule has 0 bridgehead atoms. The molecule has 0 radical (unpaired) electrons. The van der Waals surface area contributed by atoms with E-state index in [0.29, 0.717) is 18.0 Å². The van der Waals surface area contributed by atoms with Crippen LogP contribution in [0, 0.1) is 0 Å². The van der Waals surface area contributed by atoms with E-state index in [1.807, 2.05) is 6.92 Å². The molecule has 0 fully saturated rings. The Morgan fingerprint density at radius 1 is 1.50 bits per heavy atom. The van der Waals surface area contributed by atoms with E-state index in [0.717, 1.165) is 11.3 Å². The Hall–Kier alpha value is -2.17. The van der Waals surface area contributed by atoms with Gasteiger partial charge in [0.2, 0.25) is 0 Å². The number of benzene rings is 1. The summed E-state index contributed by atoms with van der Waals surface area (Å²) in [5.41, 5.74) is 7.98. The number of carbonyl (C=O) groups is 1. The molecular formula is C13H18N2O3. The Bertz CT molecular complexity index is 456. The molecule has 0 amide bonds. The first-order valence-electron chi connectivity index (χ1n) is 5.62. The molecule has 0 aliphatic rings. The normalized spacial score (nSPS) is 10.4. The number of anilines is 2. The maximum Gasteiger partial charge on any atom is 0.330 e. The van der Waals surface area contributed by atoms with Gasteiger partial charge in [0.25, 0.3) is 0 Å². The van der Waals surface area contributed by atoms with Gasteiger partial charge in [-0.1, -0.05) is 0 Å². The van der Waals surface area contributed by atoms with E-state index in [-0.39, 0.29) is 0 Å². The number of hydrogen-bond acceptors (Lipinski definition) is 5. The fourth-order valence-corrected chi connectivity index (χ4v) is 1.47. The van der Waals surface area contributed by atoms with Crippen LogP contribution in [0.15, 0.2) is 18.2 Å². The number of carbonyl (C=O) groups excluding carboxylic acids is 1. The molecule has 0 aliphatic carbocycles. The fourth-order valence-electron chi connectivity index (χ4n) is 1.47. The van der Waals surface area contributed by atoms with Crippen LogP contribution < -0.4 is 15.8 Å². The van der Waals surface area contributed by atoms with Gasteiger partial charge in [-0.2, -0.15) is 0 Å². The summed E-state index contributed by atoms with van der Waals surface area (Å²) in [6, 6.07) is 3.55. The van der Waals surface area contributed by atoms with Crippen LogP contribution in [-0.4, -0.2) is 26.7 Å². The summed E-state index contributed by atoms with van der Waals surface area (Å²) < 4.78 is 10.0. The van der Waals surface area contributed by atoms with E-state index in [4.69, 9.17) is 10.5 Å². The molecule has 0 spiro atoms. The fraction of sp³-hybridized carbons (Fsp3) is 0.308. The van der Waals surface area contributed by atoms with Gasteiger partial charge in [-0.15, -0.1) is 0 Å². The van der Waals surface area contributed by atoms with Crippen LogP contribution in [0.4, 0.5) is 11.4 Å². The van der Waals surface area contributed by atoms with Gasteiger partial charge >= 0.3 is 5.97 Å². The van der Waals surface area contributed by atoms with Gasteiger partial charge in [0, 0.05) is 24.8 Å². The minimum atomic E-state index is -0.422. The Balaban J connectivity index is 3.12. The van der Waals surface area contributed by atoms with Crippen LogP contribution in [0.2, 0.25) is 0 Å². The summed E-state index contributed by atoms with van der Waals surface area (Å²) in [5.74, 6) is 0.241. The molecule has 18 heavy (non-hydrogen) atoms. The van der Waals surface area contributed by atoms with Crippen molar-refractivity contribution in [1.82, 2.24) is 0 Å². The molecule has 0 saturated carbocycles. The summed E-state index contributed by atoms with van der Waals surface area (Å²) in [7, 11) is 3.11. The van der Waals surface area contributed by atoms with Crippen molar-refractivity contribution >= 4 is 23.4 Å². The lowest BCUT2D eigenvalue weighted by atomic mass is 10.1. The van der Waals surface area contributed by atoms with Crippen LogP contribution >= 0.6 is 0 Å². The van der Waals surface area contributed by atoms with E-state index < -0.39 is 5.97 Å². The zero-order chi connectivity index (χ0) is 13.5. The number of ether oxygens (including phenoxy) is 2. The van der Waals surface area contributed by atoms with E-state index in [9.17, 15) is 4.79 Å². The molecule has 0 atom stereocenters. The minimum Gasteiger partial charge on any atom is -0.493 e. The third-order valence-electron chi connectivity index (χ3n) is 2.35. The van der Waals surface area contributed by atoms with Crippen molar-refractivity contribution in [2.45, 2.75) is 6.92 Å². The van der Waals surface area contributed by atoms with Gasteiger partial charge in [0.1, 0.15) is 5.75 Å². The summed E-state index contributed by atoms with van der Waals surface area (Å²) in [4.78, 5) is 11.1. The third-order valence-corrected chi connectivity index (χ3v) is 2.35. The summed E-state index contributed by atoms with van der Waals surface area (Å²) in [6.45, 7) is 2.43. The van der Waals surface area contributed by atoms with Crippen molar-refractivity contribution in [3.8, 4) is 5.75 Å². The maximum absolute atomic E-state index is 11.1. The molecule has 5 heteroatoms. The SMILES string of the molecule is CCOc1cc(NC)c(N)cc1C=CC(=O)OC. The van der Waals surface area contributed by atoms with E-state index in [1.165, 1.54) is 13.2 Å². The van der Waals surface area contributed by atoms with Gasteiger partial charge in [0.05, 0.1) is 25.1 Å². The minimum absolute atomic E-state index is 0.422. The number of hydrogen-bond donors (Lipinski definition) is 2. The standard InChI is InChI=1S/C13H18N2O3/c1-4-18-12-8-11(15-2)10(14)7-9(12)5-6-13(16)17-3/h5-8,15H,4,14H2,1-3H3. The highest BCUT2D eigenvalue weighted by molar-refractivity contribution is 5.88. The molecule has 1 aromatic carbocycles. The average molecular weight is 250 g/mol. The van der Waals surface area contributed by atoms with Crippen LogP contribution in [0.1, 0.15) is 12.5 Å². The molecule has 0 unspecified atom stereocenters. The summed E-state index contributed by atoms with van der Waals surface area (Å²) in [5, 5.41) is 2.98. The predicted octanol–water partition coefficient (Wildman–Crippen LogP) is 1.90. The Kier molecular flexibility index (Phi) is 5.05. The van der Waals surface area contributed by atoms with Gasteiger partial charge in [-0.25, -0.2) is 4.79 Å². The predicted molar refractivity (Wildman–Crippen MR) is 72.6 cm³/mol. The zero-order valence-corrected chi connectivity index (χ0v) is 10.8. The number of rotatable bonds is 5. The topological polar surface area (TPSA) is 73.6 Å². The number of esters is 1. The first-order chi connectivity index (χ1) is 8.62. The highest BCUT2D eigenvalue weighted by Crippen LogP contribution is 2.30. The smallest absolute Gasteiger partial charge is 0.330 e. The number of methoxy groups -OCH3 is 1. The highest BCUT2D eigenvalue weighted by atomic mass is 16.5. The van der Waals surface area contributed by atoms with Gasteiger partial charge < -0.3 is 20.5 Å². The molecule has 3 N–H and O–H groups in total. The lowest BCUT2D eigenvalue weighted by Gasteiger charge is -2.12. The molecular weight excluding hydrogens is 232 g/mol. The number of nitrogen functional groups attached to an aromatic ring is 1. The van der Waals surface area contributed by atoms with Crippen molar-refractivity contribution in [3.05, 3.63) is 23.8 Å². The Morgan fingerprint density at radius 3 is 2.78 bits per heavy atom. The molecule has 0 aliphatic heterocycles. The second kappa shape index (κ2) is 6.54.